The Labute approximate surface area is 91.2 Å². The van der Waals surface area contributed by atoms with Crippen LogP contribution in [-0.2, 0) is 12.8 Å². The number of nitriles is 1. The van der Waals surface area contributed by atoms with Gasteiger partial charge >= 0.3 is 0 Å². The molecule has 2 heteroatoms. The average molecular weight is 203 g/mol. The second-order valence-corrected chi connectivity index (χ2v) is 4.18. The highest BCUT2D eigenvalue weighted by Gasteiger charge is 2.22. The van der Waals surface area contributed by atoms with Gasteiger partial charge in [-0.2, -0.15) is 5.26 Å². The molecule has 0 aliphatic heterocycles. The van der Waals surface area contributed by atoms with Gasteiger partial charge in [-0.25, -0.2) is 0 Å². The van der Waals surface area contributed by atoms with Crippen LogP contribution in [0.25, 0.3) is 0 Å². The number of nitrogens with zero attached hydrogens (tertiary/aromatic N) is 1. The van der Waals surface area contributed by atoms with Gasteiger partial charge in [0.05, 0.1) is 18.1 Å². The number of aliphatic hydroxyl groups excluding tert-OH is 1. The van der Waals surface area contributed by atoms with Gasteiger partial charge in [-0.05, 0) is 30.9 Å². The Balaban J connectivity index is 2.77. The summed E-state index contributed by atoms with van der Waals surface area (Å²) in [7, 11) is 0. The third-order valence-corrected chi connectivity index (χ3v) is 2.64. The first-order valence-electron chi connectivity index (χ1n) is 5.23. The fourth-order valence-corrected chi connectivity index (χ4v) is 1.47. The third-order valence-electron chi connectivity index (χ3n) is 2.64. The lowest BCUT2D eigenvalue weighted by atomic mass is 9.86. The summed E-state index contributed by atoms with van der Waals surface area (Å²) in [6.45, 7) is 3.79. The molecule has 1 aromatic rings. The van der Waals surface area contributed by atoms with Crippen molar-refractivity contribution in [2.24, 2.45) is 5.41 Å². The molecule has 0 fully saturated rings. The molecule has 0 spiro atoms. The van der Waals surface area contributed by atoms with Gasteiger partial charge in [-0.15, -0.1) is 0 Å². The molecular formula is C13H17NO. The molecule has 1 N–H and O–H groups in total. The predicted molar refractivity (Wildman–Crippen MR) is 60.3 cm³/mol. The van der Waals surface area contributed by atoms with E-state index in [1.54, 1.807) is 6.92 Å². The molecule has 0 saturated carbocycles. The standard InChI is InChI=1S/C13H17NO/c1-3-11-4-6-12(7-5-11)8-13(2,9-14)10-15/h4-7,15H,3,8,10H2,1-2H3. The molecule has 15 heavy (non-hydrogen) atoms. The SMILES string of the molecule is CCc1ccc(CC(C)(C#N)CO)cc1. The molecule has 0 heterocycles. The number of aryl methyl sites for hydroxylation is 1. The lowest BCUT2D eigenvalue weighted by Gasteiger charge is -2.18. The molecule has 1 unspecified atom stereocenters. The van der Waals surface area contributed by atoms with Crippen LogP contribution in [0.5, 0.6) is 0 Å². The Bertz CT molecular complexity index is 350. The van der Waals surface area contributed by atoms with Crippen LogP contribution in [-0.4, -0.2) is 11.7 Å². The van der Waals surface area contributed by atoms with Crippen molar-refractivity contribution < 1.29 is 5.11 Å². The van der Waals surface area contributed by atoms with E-state index >= 15 is 0 Å². The zero-order valence-corrected chi connectivity index (χ0v) is 9.33. The third kappa shape index (κ3) is 3.07. The number of rotatable bonds is 4. The van der Waals surface area contributed by atoms with Gasteiger partial charge in [0.25, 0.3) is 0 Å². The zero-order chi connectivity index (χ0) is 11.3. The van der Waals surface area contributed by atoms with Crippen LogP contribution in [0.2, 0.25) is 0 Å². The molecule has 0 aliphatic carbocycles. The Morgan fingerprint density at radius 2 is 1.80 bits per heavy atom. The molecule has 0 bridgehead atoms. The second kappa shape index (κ2) is 4.95. The van der Waals surface area contributed by atoms with E-state index in [2.05, 4.69) is 25.1 Å². The maximum absolute atomic E-state index is 9.12. The highest BCUT2D eigenvalue weighted by molar-refractivity contribution is 5.24. The molecule has 1 aromatic carbocycles. The first-order chi connectivity index (χ1) is 7.13. The Hall–Kier alpha value is -1.33. The number of hydrogen-bond donors (Lipinski definition) is 1. The van der Waals surface area contributed by atoms with Crippen LogP contribution in [0.3, 0.4) is 0 Å². The van der Waals surface area contributed by atoms with E-state index in [0.29, 0.717) is 6.42 Å². The van der Waals surface area contributed by atoms with Gasteiger partial charge in [-0.1, -0.05) is 31.2 Å². The largest absolute Gasteiger partial charge is 0.395 e. The summed E-state index contributed by atoms with van der Waals surface area (Å²) < 4.78 is 0. The van der Waals surface area contributed by atoms with Crippen LogP contribution < -0.4 is 0 Å². The van der Waals surface area contributed by atoms with Crippen LogP contribution in [0.4, 0.5) is 0 Å². The van der Waals surface area contributed by atoms with Gasteiger partial charge < -0.3 is 5.11 Å². The van der Waals surface area contributed by atoms with E-state index < -0.39 is 5.41 Å². The topological polar surface area (TPSA) is 44.0 Å². The molecule has 0 aliphatic rings. The Morgan fingerprint density at radius 1 is 1.27 bits per heavy atom. The van der Waals surface area contributed by atoms with Crippen molar-refractivity contribution in [2.45, 2.75) is 26.7 Å². The average Bonchev–Trinajstić information content (AvgIpc) is 2.30. The Morgan fingerprint density at radius 3 is 2.20 bits per heavy atom. The van der Waals surface area contributed by atoms with E-state index in [1.165, 1.54) is 5.56 Å². The molecule has 2 nitrogen and oxygen atoms in total. The van der Waals surface area contributed by atoms with E-state index in [-0.39, 0.29) is 6.61 Å². The van der Waals surface area contributed by atoms with E-state index in [4.69, 9.17) is 10.4 Å². The highest BCUT2D eigenvalue weighted by atomic mass is 16.3. The molecule has 0 aromatic heterocycles. The van der Waals surface area contributed by atoms with E-state index in [9.17, 15) is 0 Å². The smallest absolute Gasteiger partial charge is 0.0816 e. The molecule has 1 atom stereocenters. The maximum atomic E-state index is 9.12. The quantitative estimate of drug-likeness (QED) is 0.816. The van der Waals surface area contributed by atoms with Crippen molar-refractivity contribution in [1.29, 1.82) is 5.26 Å². The summed E-state index contributed by atoms with van der Waals surface area (Å²) in [6.07, 6.45) is 1.62. The number of benzene rings is 1. The van der Waals surface area contributed by atoms with Crippen LogP contribution in [0, 0.1) is 16.7 Å². The van der Waals surface area contributed by atoms with Gasteiger partial charge in [0.15, 0.2) is 0 Å². The van der Waals surface area contributed by atoms with Crippen molar-refractivity contribution in [3.8, 4) is 6.07 Å². The summed E-state index contributed by atoms with van der Waals surface area (Å²) in [5, 5.41) is 18.1. The van der Waals surface area contributed by atoms with Crippen LogP contribution in [0.1, 0.15) is 25.0 Å². The molecular weight excluding hydrogens is 186 g/mol. The van der Waals surface area contributed by atoms with Gasteiger partial charge in [0.1, 0.15) is 0 Å². The summed E-state index contributed by atoms with van der Waals surface area (Å²) in [5.41, 5.74) is 1.74. The Kier molecular flexibility index (Phi) is 3.88. The summed E-state index contributed by atoms with van der Waals surface area (Å²) in [6, 6.07) is 10.4. The minimum atomic E-state index is -0.659. The monoisotopic (exact) mass is 203 g/mol. The first-order valence-corrected chi connectivity index (χ1v) is 5.23. The zero-order valence-electron chi connectivity index (χ0n) is 9.33. The number of aliphatic hydroxyl groups is 1. The predicted octanol–water partition coefficient (Wildman–Crippen LogP) is 2.31. The molecule has 80 valence electrons. The van der Waals surface area contributed by atoms with Crippen LogP contribution in [0.15, 0.2) is 24.3 Å². The lowest BCUT2D eigenvalue weighted by Crippen LogP contribution is -2.21. The fourth-order valence-electron chi connectivity index (χ4n) is 1.47. The summed E-state index contributed by atoms with van der Waals surface area (Å²) >= 11 is 0. The van der Waals surface area contributed by atoms with Gasteiger partial charge in [0, 0.05) is 0 Å². The maximum Gasteiger partial charge on any atom is 0.0816 e. The van der Waals surface area contributed by atoms with E-state index in [0.717, 1.165) is 12.0 Å². The molecule has 0 saturated heterocycles. The molecule has 0 amide bonds. The first kappa shape index (κ1) is 11.7. The molecule has 0 radical (unpaired) electrons. The second-order valence-electron chi connectivity index (χ2n) is 4.18. The summed E-state index contributed by atoms with van der Waals surface area (Å²) in [5.74, 6) is 0. The highest BCUT2D eigenvalue weighted by Crippen LogP contribution is 2.21. The van der Waals surface area contributed by atoms with Crippen molar-refractivity contribution in [3.63, 3.8) is 0 Å². The van der Waals surface area contributed by atoms with E-state index in [1.807, 2.05) is 12.1 Å². The van der Waals surface area contributed by atoms with Crippen molar-refractivity contribution in [2.75, 3.05) is 6.61 Å². The fraction of sp³-hybridized carbons (Fsp3) is 0.462. The molecule has 1 rings (SSSR count). The van der Waals surface area contributed by atoms with Crippen molar-refractivity contribution in [3.05, 3.63) is 35.4 Å². The van der Waals surface area contributed by atoms with Crippen molar-refractivity contribution in [1.82, 2.24) is 0 Å². The normalized spacial score (nSPS) is 14.3. The minimum Gasteiger partial charge on any atom is -0.395 e. The lowest BCUT2D eigenvalue weighted by molar-refractivity contribution is 0.190. The van der Waals surface area contributed by atoms with Crippen LogP contribution >= 0.6 is 0 Å². The minimum absolute atomic E-state index is 0.0982. The number of hydrogen-bond acceptors (Lipinski definition) is 2. The van der Waals surface area contributed by atoms with Gasteiger partial charge in [-0.3, -0.25) is 0 Å². The summed E-state index contributed by atoms with van der Waals surface area (Å²) in [4.78, 5) is 0. The van der Waals surface area contributed by atoms with Gasteiger partial charge in [0.2, 0.25) is 0 Å². The van der Waals surface area contributed by atoms with Crippen molar-refractivity contribution >= 4 is 0 Å².